The van der Waals surface area contributed by atoms with Gasteiger partial charge in [0.25, 0.3) is 5.91 Å². The van der Waals surface area contributed by atoms with Gasteiger partial charge < -0.3 is 9.84 Å². The number of rotatable bonds is 7. The summed E-state index contributed by atoms with van der Waals surface area (Å²) >= 11 is 1.61. The van der Waals surface area contributed by atoms with Crippen LogP contribution in [0, 0.1) is 6.92 Å². The number of piperazine rings is 1. The number of fused-ring (bicyclic) bond motifs is 1. The molecule has 38 heavy (non-hydrogen) atoms. The lowest BCUT2D eigenvalue weighted by molar-refractivity contribution is -0.137. The Morgan fingerprint density at radius 1 is 1.11 bits per heavy atom. The number of amides is 2. The fraction of sp³-hybridized carbons (Fsp3) is 0.423. The topological polar surface area (TPSA) is 86.2 Å². The van der Waals surface area contributed by atoms with Gasteiger partial charge in [-0.15, -0.1) is 11.3 Å². The number of β-amino-alcohol motifs (C(OH)–C–C–N with tert-alkyl or cyclic N) is 1. The highest BCUT2D eigenvalue weighted by molar-refractivity contribution is 7.18. The fourth-order valence-corrected chi connectivity index (χ4v) is 5.69. The van der Waals surface area contributed by atoms with Crippen LogP contribution in [0.15, 0.2) is 42.5 Å². The van der Waals surface area contributed by atoms with E-state index in [9.17, 15) is 27.9 Å². The van der Waals surface area contributed by atoms with E-state index in [1.54, 1.807) is 11.3 Å². The average Bonchev–Trinajstić information content (AvgIpc) is 3.40. The predicted molar refractivity (Wildman–Crippen MR) is 136 cm³/mol. The van der Waals surface area contributed by atoms with Gasteiger partial charge in [-0.05, 0) is 43.3 Å². The van der Waals surface area contributed by atoms with E-state index in [2.05, 4.69) is 9.88 Å². The quantitative estimate of drug-likeness (QED) is 0.454. The number of carbonyl (C=O) groups excluding carboxylic acids is 2. The van der Waals surface area contributed by atoms with Gasteiger partial charge in [-0.25, -0.2) is 9.88 Å². The summed E-state index contributed by atoms with van der Waals surface area (Å²) in [6.07, 6.45) is -5.22. The van der Waals surface area contributed by atoms with Crippen molar-refractivity contribution in [3.63, 3.8) is 0 Å². The molecule has 2 aliphatic rings. The molecule has 8 nitrogen and oxygen atoms in total. The lowest BCUT2D eigenvalue weighted by Gasteiger charge is -2.37. The standard InChI is InChI=1S/C26H27F3N4O4S/c1-16-30-21-12-20(6-7-23(21)38-16)37-15-19(34)14-31-8-10-32(11-9-31)22-13-24(35)33(25(22)36)18-4-2-17(3-5-18)26(27,28)29/h2-7,12,19,22,34H,8-11,13-15H2,1H3/t19-,22?/m1/s1. The Kier molecular flexibility index (Phi) is 7.40. The smallest absolute Gasteiger partial charge is 0.416 e. The normalized spacial score (nSPS) is 20.4. The first-order valence-corrected chi connectivity index (χ1v) is 13.1. The molecule has 2 amide bonds. The van der Waals surface area contributed by atoms with Crippen molar-refractivity contribution in [2.75, 3.05) is 44.2 Å². The third-order valence-corrected chi connectivity index (χ3v) is 7.75. The Bertz CT molecular complexity index is 1320. The Balaban J connectivity index is 1.10. The molecular formula is C26H27F3N4O4S. The largest absolute Gasteiger partial charge is 0.491 e. The van der Waals surface area contributed by atoms with Crippen LogP contribution in [0.2, 0.25) is 0 Å². The Morgan fingerprint density at radius 3 is 2.50 bits per heavy atom. The van der Waals surface area contributed by atoms with E-state index in [1.807, 2.05) is 30.0 Å². The molecule has 2 aromatic carbocycles. The third-order valence-electron chi connectivity index (χ3n) is 6.80. The first-order chi connectivity index (χ1) is 18.1. The summed E-state index contributed by atoms with van der Waals surface area (Å²) in [5.74, 6) is -0.210. The molecule has 1 unspecified atom stereocenters. The van der Waals surface area contributed by atoms with Crippen molar-refractivity contribution in [1.29, 1.82) is 0 Å². The minimum Gasteiger partial charge on any atom is -0.491 e. The molecule has 12 heteroatoms. The Hall–Kier alpha value is -3.06. The summed E-state index contributed by atoms with van der Waals surface area (Å²) in [5, 5.41) is 11.5. The van der Waals surface area contributed by atoms with Crippen LogP contribution >= 0.6 is 11.3 Å². The van der Waals surface area contributed by atoms with Crippen LogP contribution in [0.5, 0.6) is 5.75 Å². The van der Waals surface area contributed by atoms with Gasteiger partial charge in [-0.2, -0.15) is 13.2 Å². The molecule has 202 valence electrons. The summed E-state index contributed by atoms with van der Waals surface area (Å²) in [6, 6.07) is 9.07. The maximum absolute atomic E-state index is 13.0. The average molecular weight is 549 g/mol. The molecule has 2 saturated heterocycles. The van der Waals surface area contributed by atoms with Crippen LogP contribution in [0.25, 0.3) is 10.2 Å². The maximum Gasteiger partial charge on any atom is 0.416 e. The number of aliphatic hydroxyl groups excluding tert-OH is 1. The zero-order valence-electron chi connectivity index (χ0n) is 20.6. The van der Waals surface area contributed by atoms with Gasteiger partial charge in [0, 0.05) is 38.8 Å². The first-order valence-electron chi connectivity index (χ1n) is 12.3. The van der Waals surface area contributed by atoms with Crippen LogP contribution < -0.4 is 9.64 Å². The number of aryl methyl sites for hydroxylation is 1. The molecule has 2 aliphatic heterocycles. The van der Waals surface area contributed by atoms with E-state index < -0.39 is 35.7 Å². The van der Waals surface area contributed by atoms with E-state index in [0.717, 1.165) is 44.4 Å². The lowest BCUT2D eigenvalue weighted by Crippen LogP contribution is -2.54. The number of benzene rings is 2. The molecule has 1 N–H and O–H groups in total. The maximum atomic E-state index is 13.0. The second kappa shape index (κ2) is 10.6. The zero-order valence-corrected chi connectivity index (χ0v) is 21.5. The minimum absolute atomic E-state index is 0.0147. The summed E-state index contributed by atoms with van der Waals surface area (Å²) in [4.78, 5) is 35.0. The molecule has 0 radical (unpaired) electrons. The van der Waals surface area contributed by atoms with E-state index >= 15 is 0 Å². The number of alkyl halides is 3. The number of imide groups is 1. The van der Waals surface area contributed by atoms with Gasteiger partial charge >= 0.3 is 6.18 Å². The molecule has 1 aromatic heterocycles. The monoisotopic (exact) mass is 548 g/mol. The first kappa shape index (κ1) is 26.5. The van der Waals surface area contributed by atoms with Gasteiger partial charge in [0.15, 0.2) is 0 Å². The van der Waals surface area contributed by atoms with Crippen molar-refractivity contribution in [1.82, 2.24) is 14.8 Å². The summed E-state index contributed by atoms with van der Waals surface area (Å²) in [6.45, 7) is 4.73. The van der Waals surface area contributed by atoms with Crippen molar-refractivity contribution < 1.29 is 32.6 Å². The van der Waals surface area contributed by atoms with Crippen molar-refractivity contribution in [2.24, 2.45) is 0 Å². The van der Waals surface area contributed by atoms with Crippen molar-refractivity contribution >= 4 is 39.1 Å². The number of halogens is 3. The lowest BCUT2D eigenvalue weighted by atomic mass is 10.1. The van der Waals surface area contributed by atoms with Crippen LogP contribution in [0.1, 0.15) is 17.0 Å². The molecule has 0 saturated carbocycles. The SMILES string of the molecule is Cc1nc2cc(OC[C@H](O)CN3CCN(C4CC(=O)N(c5ccc(C(F)(F)F)cc5)C4=O)CC3)ccc2s1. The highest BCUT2D eigenvalue weighted by Gasteiger charge is 2.43. The highest BCUT2D eigenvalue weighted by Crippen LogP contribution is 2.32. The molecular weight excluding hydrogens is 521 g/mol. The number of hydrogen-bond donors (Lipinski definition) is 1. The van der Waals surface area contributed by atoms with Crippen LogP contribution in [0.3, 0.4) is 0 Å². The Labute approximate surface area is 221 Å². The van der Waals surface area contributed by atoms with E-state index in [1.165, 1.54) is 0 Å². The van der Waals surface area contributed by atoms with Gasteiger partial charge in [-0.1, -0.05) is 0 Å². The molecule has 3 aromatic rings. The minimum atomic E-state index is -4.49. The van der Waals surface area contributed by atoms with E-state index in [0.29, 0.717) is 38.5 Å². The summed E-state index contributed by atoms with van der Waals surface area (Å²) < 4.78 is 45.4. The molecule has 0 aliphatic carbocycles. The molecule has 5 rings (SSSR count). The fourth-order valence-electron chi connectivity index (χ4n) is 4.88. The molecule has 0 spiro atoms. The van der Waals surface area contributed by atoms with Crippen molar-refractivity contribution in [3.05, 3.63) is 53.0 Å². The summed E-state index contributed by atoms with van der Waals surface area (Å²) in [5.41, 5.74) is 0.171. The van der Waals surface area contributed by atoms with Crippen LogP contribution in [0.4, 0.5) is 18.9 Å². The molecule has 2 atom stereocenters. The number of carbonyl (C=O) groups is 2. The number of aromatic nitrogens is 1. The number of nitrogens with zero attached hydrogens (tertiary/aromatic N) is 4. The number of ether oxygens (including phenoxy) is 1. The molecule has 3 heterocycles. The van der Waals surface area contributed by atoms with Gasteiger partial charge in [0.05, 0.1) is 38.9 Å². The number of hydrogen-bond acceptors (Lipinski definition) is 8. The summed E-state index contributed by atoms with van der Waals surface area (Å²) in [7, 11) is 0. The molecule has 0 bridgehead atoms. The van der Waals surface area contributed by atoms with Gasteiger partial charge in [0.2, 0.25) is 5.91 Å². The molecule has 2 fully saturated rings. The van der Waals surface area contributed by atoms with Crippen molar-refractivity contribution in [3.8, 4) is 5.75 Å². The second-order valence-electron chi connectivity index (χ2n) is 9.50. The number of aliphatic hydroxyl groups is 1. The number of thiazole rings is 1. The second-order valence-corrected chi connectivity index (χ2v) is 10.7. The predicted octanol–water partition coefficient (Wildman–Crippen LogP) is 3.31. The zero-order chi connectivity index (χ0) is 27.0. The van der Waals surface area contributed by atoms with Gasteiger partial charge in [-0.3, -0.25) is 19.4 Å². The van der Waals surface area contributed by atoms with Crippen LogP contribution in [-0.2, 0) is 15.8 Å². The van der Waals surface area contributed by atoms with E-state index in [4.69, 9.17) is 4.74 Å². The van der Waals surface area contributed by atoms with Gasteiger partial charge in [0.1, 0.15) is 18.5 Å². The van der Waals surface area contributed by atoms with Crippen molar-refractivity contribution in [2.45, 2.75) is 31.7 Å². The third kappa shape index (κ3) is 5.68. The van der Waals surface area contributed by atoms with Crippen LogP contribution in [-0.4, -0.2) is 83.2 Å². The number of anilines is 1. The highest BCUT2D eigenvalue weighted by atomic mass is 32.1. The Morgan fingerprint density at radius 2 is 1.82 bits per heavy atom. The van der Waals surface area contributed by atoms with E-state index in [-0.39, 0.29) is 18.7 Å².